The van der Waals surface area contributed by atoms with Crippen molar-refractivity contribution in [1.82, 2.24) is 4.90 Å². The van der Waals surface area contributed by atoms with Gasteiger partial charge in [0.2, 0.25) is 5.83 Å². The lowest BCUT2D eigenvalue weighted by atomic mass is 10.4. The van der Waals surface area contributed by atoms with E-state index in [1.54, 1.807) is 0 Å². The molecule has 84 valence electrons. The van der Waals surface area contributed by atoms with Crippen LogP contribution in [0.5, 0.6) is 0 Å². The van der Waals surface area contributed by atoms with Gasteiger partial charge in [-0.25, -0.2) is 4.39 Å². The fourth-order valence-electron chi connectivity index (χ4n) is 0.940. The average molecular weight is 219 g/mol. The molecule has 0 aliphatic carbocycles. The summed E-state index contributed by atoms with van der Waals surface area (Å²) < 4.78 is 52.3. The minimum absolute atomic E-state index is 0. The van der Waals surface area contributed by atoms with Crippen LogP contribution < -0.4 is 0 Å². The quantitative estimate of drug-likeness (QED) is 0.624. The smallest absolute Gasteiger partial charge is 0.378 e. The molecule has 1 saturated heterocycles. The summed E-state index contributed by atoms with van der Waals surface area (Å²) in [5, 5.41) is 0. The van der Waals surface area contributed by atoms with Gasteiger partial charge < -0.3 is 9.64 Å². The van der Waals surface area contributed by atoms with Gasteiger partial charge in [-0.1, -0.05) is 0 Å². The third kappa shape index (κ3) is 3.91. The van der Waals surface area contributed by atoms with Crippen LogP contribution in [0, 0.1) is 0 Å². The minimum Gasteiger partial charge on any atom is -0.378 e. The van der Waals surface area contributed by atoms with Gasteiger partial charge in [0.25, 0.3) is 0 Å². The number of allylic oxidation sites excluding steroid dienone is 1. The molecule has 1 rings (SSSR count). The topological polar surface area (TPSA) is 12.5 Å². The molecule has 2 nitrogen and oxygen atoms in total. The second-order valence-electron chi connectivity index (χ2n) is 2.62. The van der Waals surface area contributed by atoms with Crippen LogP contribution in [0.15, 0.2) is 12.0 Å². The molecule has 0 unspecified atom stereocenters. The molecule has 0 amide bonds. The van der Waals surface area contributed by atoms with E-state index in [-0.39, 0.29) is 4.70 Å². The number of morpholine rings is 1. The lowest BCUT2D eigenvalue weighted by Crippen LogP contribution is -2.33. The molecule has 0 N–H and O–H groups in total. The Hall–Kier alpha value is -0.850. The van der Waals surface area contributed by atoms with Crippen molar-refractivity contribution in [2.45, 2.75) is 6.18 Å². The van der Waals surface area contributed by atoms with E-state index in [9.17, 15) is 17.6 Å². The molecule has 1 aliphatic heterocycles. The van der Waals surface area contributed by atoms with E-state index in [2.05, 4.69) is 0 Å². The first kappa shape index (κ1) is 13.2. The summed E-state index contributed by atoms with van der Waals surface area (Å²) >= 11 is 0. The minimum atomic E-state index is -4.88. The van der Waals surface area contributed by atoms with Crippen LogP contribution in [-0.2, 0) is 4.74 Å². The maximum atomic E-state index is 12.3. The number of hydrogen-bond donors (Lipinski definition) is 0. The molecule has 1 aliphatic rings. The van der Waals surface area contributed by atoms with Crippen molar-refractivity contribution in [3.63, 3.8) is 0 Å². The van der Waals surface area contributed by atoms with Crippen LogP contribution in [0.3, 0.4) is 0 Å². The Balaban J connectivity index is 0.00000169. The highest BCUT2D eigenvalue weighted by molar-refractivity contribution is 4.98. The molecule has 0 aromatic rings. The second kappa shape index (κ2) is 5.14. The lowest BCUT2D eigenvalue weighted by Gasteiger charge is -2.25. The second-order valence-corrected chi connectivity index (χ2v) is 2.62. The van der Waals surface area contributed by atoms with Crippen molar-refractivity contribution in [1.29, 1.82) is 0 Å². The number of nitrogens with zero attached hydrogens (tertiary/aromatic N) is 1. The van der Waals surface area contributed by atoms with Crippen LogP contribution in [-0.4, -0.2) is 37.4 Å². The third-order valence-electron chi connectivity index (χ3n) is 1.61. The molecule has 14 heavy (non-hydrogen) atoms. The summed E-state index contributed by atoms with van der Waals surface area (Å²) in [5.74, 6) is -2.06. The molecular weight excluding hydrogens is 209 g/mol. The predicted molar refractivity (Wildman–Crippen MR) is 40.1 cm³/mol. The molecule has 0 bridgehead atoms. The average Bonchev–Trinajstić information content (AvgIpc) is 2.04. The first-order valence-electron chi connectivity index (χ1n) is 3.76. The number of ether oxygens (including phenoxy) is 1. The van der Waals surface area contributed by atoms with E-state index >= 15 is 0 Å². The van der Waals surface area contributed by atoms with Crippen molar-refractivity contribution < 1.29 is 27.0 Å². The van der Waals surface area contributed by atoms with E-state index in [4.69, 9.17) is 4.74 Å². The Morgan fingerprint density at radius 2 is 1.71 bits per heavy atom. The summed E-state index contributed by atoms with van der Waals surface area (Å²) in [6, 6.07) is 0. The highest BCUT2D eigenvalue weighted by Crippen LogP contribution is 2.26. The van der Waals surface area contributed by atoms with Gasteiger partial charge in [0, 0.05) is 19.3 Å². The van der Waals surface area contributed by atoms with Gasteiger partial charge in [-0.15, -0.1) is 0 Å². The first-order valence-corrected chi connectivity index (χ1v) is 3.76. The summed E-state index contributed by atoms with van der Waals surface area (Å²) in [6.45, 7) is 1.26. The highest BCUT2D eigenvalue weighted by Gasteiger charge is 2.35. The monoisotopic (exact) mass is 219 g/mol. The van der Waals surface area contributed by atoms with E-state index in [1.165, 1.54) is 4.90 Å². The SMILES string of the molecule is F.FC(=CN1CCOCC1)C(F)(F)F. The maximum absolute atomic E-state index is 12.3. The van der Waals surface area contributed by atoms with Crippen LogP contribution >= 0.6 is 0 Å². The Kier molecular flexibility index (Phi) is 4.82. The van der Waals surface area contributed by atoms with Gasteiger partial charge in [0.15, 0.2) is 0 Å². The summed E-state index contributed by atoms with van der Waals surface area (Å²) in [6.07, 6.45) is -4.39. The molecule has 0 saturated carbocycles. The summed E-state index contributed by atoms with van der Waals surface area (Å²) in [5.41, 5.74) is 0. The Bertz CT molecular complexity index is 197. The highest BCUT2D eigenvalue weighted by atomic mass is 19.4. The molecule has 0 aromatic heterocycles. The number of hydrogen-bond acceptors (Lipinski definition) is 2. The molecule has 0 spiro atoms. The Labute approximate surface area is 77.5 Å². The normalized spacial score (nSPS) is 19.1. The van der Waals surface area contributed by atoms with Crippen molar-refractivity contribution in [3.8, 4) is 0 Å². The molecule has 7 heteroatoms. The summed E-state index contributed by atoms with van der Waals surface area (Å²) in [7, 11) is 0. The van der Waals surface area contributed by atoms with Gasteiger partial charge >= 0.3 is 6.18 Å². The van der Waals surface area contributed by atoms with Crippen molar-refractivity contribution in [2.75, 3.05) is 26.3 Å². The molecule has 1 heterocycles. The van der Waals surface area contributed by atoms with Crippen molar-refractivity contribution in [3.05, 3.63) is 12.0 Å². The zero-order chi connectivity index (χ0) is 9.90. The van der Waals surface area contributed by atoms with Gasteiger partial charge in [-0.05, 0) is 0 Å². The van der Waals surface area contributed by atoms with Gasteiger partial charge in [0.05, 0.1) is 13.2 Å². The molecule has 0 aromatic carbocycles. The molecule has 0 atom stereocenters. The Morgan fingerprint density at radius 1 is 1.21 bits per heavy atom. The van der Waals surface area contributed by atoms with Gasteiger partial charge in [-0.2, -0.15) is 13.2 Å². The van der Waals surface area contributed by atoms with Crippen LogP contribution in [0.4, 0.5) is 22.3 Å². The molecule has 1 fully saturated rings. The fourth-order valence-corrected chi connectivity index (χ4v) is 0.940. The first-order chi connectivity index (χ1) is 6.00. The number of halogens is 5. The van der Waals surface area contributed by atoms with E-state index < -0.39 is 12.0 Å². The van der Waals surface area contributed by atoms with Crippen LogP contribution in [0.1, 0.15) is 0 Å². The Morgan fingerprint density at radius 3 is 2.14 bits per heavy atom. The predicted octanol–water partition coefficient (Wildman–Crippen LogP) is 1.84. The number of alkyl halides is 3. The van der Waals surface area contributed by atoms with Crippen LogP contribution in [0.2, 0.25) is 0 Å². The maximum Gasteiger partial charge on any atom is 0.444 e. The van der Waals surface area contributed by atoms with E-state index in [1.807, 2.05) is 0 Å². The lowest BCUT2D eigenvalue weighted by molar-refractivity contribution is -0.110. The zero-order valence-electron chi connectivity index (χ0n) is 7.18. The standard InChI is InChI=1S/C7H9F4NO.FH/c8-6(7(9,10)11)5-12-1-3-13-4-2-12;/h5H,1-4H2;1H. The molecular formula is C7H10F5NO. The zero-order valence-corrected chi connectivity index (χ0v) is 7.18. The summed E-state index contributed by atoms with van der Waals surface area (Å²) in [4.78, 5) is 1.26. The van der Waals surface area contributed by atoms with Crippen molar-refractivity contribution >= 4 is 0 Å². The van der Waals surface area contributed by atoms with Crippen LogP contribution in [0.25, 0.3) is 0 Å². The number of rotatable bonds is 1. The van der Waals surface area contributed by atoms with Crippen molar-refractivity contribution in [2.24, 2.45) is 0 Å². The third-order valence-corrected chi connectivity index (χ3v) is 1.61. The molecule has 0 radical (unpaired) electrons. The van der Waals surface area contributed by atoms with E-state index in [0.717, 1.165) is 0 Å². The van der Waals surface area contributed by atoms with Gasteiger partial charge in [0.1, 0.15) is 0 Å². The fraction of sp³-hybridized carbons (Fsp3) is 0.714. The van der Waals surface area contributed by atoms with E-state index in [0.29, 0.717) is 32.5 Å². The largest absolute Gasteiger partial charge is 0.444 e. The van der Waals surface area contributed by atoms with Gasteiger partial charge in [-0.3, -0.25) is 4.70 Å².